The highest BCUT2D eigenvalue weighted by molar-refractivity contribution is 7.90. The second kappa shape index (κ2) is 6.32. The zero-order valence-corrected chi connectivity index (χ0v) is 13.0. The Morgan fingerprint density at radius 3 is 2.50 bits per heavy atom. The molecule has 0 fully saturated rings. The number of methoxy groups -OCH3 is 1. The lowest BCUT2D eigenvalue weighted by molar-refractivity contribution is -0.132. The van der Waals surface area contributed by atoms with Crippen molar-refractivity contribution >= 4 is 15.7 Å². The number of carbonyl (C=O) groups excluding carboxylic acids is 1. The van der Waals surface area contributed by atoms with Gasteiger partial charge in [0.15, 0.2) is 14.9 Å². The number of sulfone groups is 1. The summed E-state index contributed by atoms with van der Waals surface area (Å²) >= 11 is 0. The third kappa shape index (κ3) is 4.57. The second-order valence-corrected chi connectivity index (χ2v) is 7.24. The Balaban J connectivity index is 2.65. The lowest BCUT2D eigenvalue weighted by Crippen LogP contribution is -2.39. The maximum Gasteiger partial charge on any atom is 0.228 e. The fourth-order valence-corrected chi connectivity index (χ4v) is 2.14. The van der Waals surface area contributed by atoms with E-state index in [1.165, 1.54) is 12.3 Å². The highest BCUT2D eigenvalue weighted by Gasteiger charge is 2.27. The van der Waals surface area contributed by atoms with Crippen LogP contribution in [0.3, 0.4) is 0 Å². The van der Waals surface area contributed by atoms with Gasteiger partial charge in [-0.3, -0.25) is 4.79 Å². The van der Waals surface area contributed by atoms with Crippen molar-refractivity contribution < 1.29 is 17.9 Å². The van der Waals surface area contributed by atoms with Gasteiger partial charge in [0, 0.05) is 26.1 Å². The van der Waals surface area contributed by atoms with Crippen molar-refractivity contribution in [2.45, 2.75) is 25.4 Å². The first-order chi connectivity index (χ1) is 9.16. The Morgan fingerprint density at radius 1 is 1.40 bits per heavy atom. The van der Waals surface area contributed by atoms with E-state index in [1.54, 1.807) is 27.0 Å². The van der Waals surface area contributed by atoms with Crippen LogP contribution in [0.5, 0.6) is 0 Å². The number of hydrogen-bond donors (Lipinski definition) is 1. The van der Waals surface area contributed by atoms with Crippen molar-refractivity contribution in [1.82, 2.24) is 10.3 Å². The van der Waals surface area contributed by atoms with E-state index in [4.69, 9.17) is 4.74 Å². The van der Waals surface area contributed by atoms with Gasteiger partial charge < -0.3 is 10.1 Å². The van der Waals surface area contributed by atoms with Gasteiger partial charge in [0.1, 0.15) is 0 Å². The van der Waals surface area contributed by atoms with Crippen molar-refractivity contribution in [3.8, 4) is 0 Å². The molecule has 20 heavy (non-hydrogen) atoms. The van der Waals surface area contributed by atoms with Crippen molar-refractivity contribution in [2.24, 2.45) is 5.41 Å². The number of amides is 1. The summed E-state index contributed by atoms with van der Waals surface area (Å²) in [5.41, 5.74) is 0.119. The van der Waals surface area contributed by atoms with Gasteiger partial charge in [-0.25, -0.2) is 13.4 Å². The van der Waals surface area contributed by atoms with Crippen LogP contribution < -0.4 is 5.32 Å². The Morgan fingerprint density at radius 2 is 2.05 bits per heavy atom. The molecule has 1 rings (SSSR count). The number of nitrogens with zero attached hydrogens (tertiary/aromatic N) is 1. The van der Waals surface area contributed by atoms with Crippen LogP contribution in [0, 0.1) is 5.41 Å². The molecule has 1 amide bonds. The van der Waals surface area contributed by atoms with Crippen LogP contribution in [-0.2, 0) is 25.9 Å². The van der Waals surface area contributed by atoms with E-state index in [0.717, 1.165) is 11.8 Å². The van der Waals surface area contributed by atoms with Crippen molar-refractivity contribution in [1.29, 1.82) is 0 Å². The van der Waals surface area contributed by atoms with E-state index in [2.05, 4.69) is 10.3 Å². The SMILES string of the molecule is COCC(C)(C)C(=O)NCc1ccc(S(C)(=O)=O)nc1. The number of pyridine rings is 1. The van der Waals surface area contributed by atoms with E-state index in [9.17, 15) is 13.2 Å². The summed E-state index contributed by atoms with van der Waals surface area (Å²) in [4.78, 5) is 15.8. The molecule has 0 aliphatic heterocycles. The summed E-state index contributed by atoms with van der Waals surface area (Å²) in [5, 5.41) is 2.79. The van der Waals surface area contributed by atoms with Gasteiger partial charge in [-0.1, -0.05) is 6.07 Å². The molecule has 0 bridgehead atoms. The number of nitrogens with one attached hydrogen (secondary N) is 1. The highest BCUT2D eigenvalue weighted by Crippen LogP contribution is 2.15. The van der Waals surface area contributed by atoms with Crippen LogP contribution in [-0.4, -0.2) is 39.3 Å². The van der Waals surface area contributed by atoms with Gasteiger partial charge in [0.25, 0.3) is 0 Å². The molecule has 1 heterocycles. The largest absolute Gasteiger partial charge is 0.384 e. The monoisotopic (exact) mass is 300 g/mol. The molecule has 1 aromatic rings. The van der Waals surface area contributed by atoms with E-state index in [1.807, 2.05) is 0 Å². The summed E-state index contributed by atoms with van der Waals surface area (Å²) in [5.74, 6) is -0.133. The lowest BCUT2D eigenvalue weighted by Gasteiger charge is -2.22. The van der Waals surface area contributed by atoms with Crippen LogP contribution in [0.1, 0.15) is 19.4 Å². The van der Waals surface area contributed by atoms with E-state index in [0.29, 0.717) is 13.2 Å². The van der Waals surface area contributed by atoms with Crippen LogP contribution in [0.2, 0.25) is 0 Å². The lowest BCUT2D eigenvalue weighted by atomic mass is 9.93. The van der Waals surface area contributed by atoms with Gasteiger partial charge in [-0.2, -0.15) is 0 Å². The smallest absolute Gasteiger partial charge is 0.228 e. The summed E-state index contributed by atoms with van der Waals surface area (Å²) in [6, 6.07) is 3.06. The summed E-state index contributed by atoms with van der Waals surface area (Å²) in [6.07, 6.45) is 2.55. The minimum absolute atomic E-state index is 0.0206. The minimum Gasteiger partial charge on any atom is -0.384 e. The molecule has 0 aliphatic rings. The topological polar surface area (TPSA) is 85.4 Å². The normalized spacial score (nSPS) is 12.2. The fourth-order valence-electron chi connectivity index (χ4n) is 1.58. The highest BCUT2D eigenvalue weighted by atomic mass is 32.2. The molecule has 112 valence electrons. The first-order valence-electron chi connectivity index (χ1n) is 6.09. The van der Waals surface area contributed by atoms with Crippen LogP contribution in [0.15, 0.2) is 23.4 Å². The van der Waals surface area contributed by atoms with E-state index < -0.39 is 15.3 Å². The molecule has 0 radical (unpaired) electrons. The fraction of sp³-hybridized carbons (Fsp3) is 0.538. The first-order valence-corrected chi connectivity index (χ1v) is 7.98. The maximum atomic E-state index is 11.9. The number of ether oxygens (including phenoxy) is 1. The zero-order valence-electron chi connectivity index (χ0n) is 12.1. The number of rotatable bonds is 6. The summed E-state index contributed by atoms with van der Waals surface area (Å²) < 4.78 is 27.5. The molecule has 1 aromatic heterocycles. The average molecular weight is 300 g/mol. The molecular formula is C13H20N2O4S. The molecule has 7 heteroatoms. The maximum absolute atomic E-state index is 11.9. The van der Waals surface area contributed by atoms with Crippen LogP contribution >= 0.6 is 0 Å². The van der Waals surface area contributed by atoms with Gasteiger partial charge >= 0.3 is 0 Å². The Bertz CT molecular complexity index is 565. The molecule has 0 saturated carbocycles. The second-order valence-electron chi connectivity index (χ2n) is 5.28. The van der Waals surface area contributed by atoms with E-state index >= 15 is 0 Å². The van der Waals surface area contributed by atoms with Gasteiger partial charge in [0.2, 0.25) is 5.91 Å². The number of aromatic nitrogens is 1. The quantitative estimate of drug-likeness (QED) is 0.839. The third-order valence-electron chi connectivity index (χ3n) is 2.75. The van der Waals surface area contributed by atoms with Gasteiger partial charge in [-0.05, 0) is 25.5 Å². The average Bonchev–Trinajstić information content (AvgIpc) is 2.35. The van der Waals surface area contributed by atoms with Gasteiger partial charge in [-0.15, -0.1) is 0 Å². The standard InChI is InChI=1S/C13H20N2O4S/c1-13(2,9-19-3)12(16)15-8-10-5-6-11(14-7-10)20(4,17)18/h5-7H,8-9H2,1-4H3,(H,15,16). The third-order valence-corrected chi connectivity index (χ3v) is 3.75. The molecule has 0 aromatic carbocycles. The molecule has 0 saturated heterocycles. The minimum atomic E-state index is -3.30. The van der Waals surface area contributed by atoms with Gasteiger partial charge in [0.05, 0.1) is 12.0 Å². The molecular weight excluding hydrogens is 280 g/mol. The van der Waals surface area contributed by atoms with Crippen molar-refractivity contribution in [3.63, 3.8) is 0 Å². The number of hydrogen-bond acceptors (Lipinski definition) is 5. The zero-order chi connectivity index (χ0) is 15.4. The Hall–Kier alpha value is -1.47. The molecule has 1 N–H and O–H groups in total. The molecule has 0 unspecified atom stereocenters. The van der Waals surface area contributed by atoms with Crippen LogP contribution in [0.25, 0.3) is 0 Å². The Kier molecular flexibility index (Phi) is 5.24. The predicted molar refractivity (Wildman–Crippen MR) is 74.9 cm³/mol. The van der Waals surface area contributed by atoms with Crippen LogP contribution in [0.4, 0.5) is 0 Å². The first kappa shape index (κ1) is 16.6. The molecule has 0 aliphatic carbocycles. The molecule has 6 nitrogen and oxygen atoms in total. The molecule has 0 atom stereocenters. The summed E-state index contributed by atoms with van der Waals surface area (Å²) in [7, 11) is -1.75. The predicted octanol–water partition coefficient (Wildman–Crippen LogP) is 0.774. The number of carbonyl (C=O) groups is 1. The van der Waals surface area contributed by atoms with Crippen molar-refractivity contribution in [2.75, 3.05) is 20.0 Å². The van der Waals surface area contributed by atoms with Crippen molar-refractivity contribution in [3.05, 3.63) is 23.9 Å². The van der Waals surface area contributed by atoms with E-state index in [-0.39, 0.29) is 10.9 Å². The Labute approximate surface area is 119 Å². The molecule has 0 spiro atoms. The summed E-state index contributed by atoms with van der Waals surface area (Å²) in [6.45, 7) is 4.20.